The van der Waals surface area contributed by atoms with E-state index in [1.54, 1.807) is 19.9 Å². The lowest BCUT2D eigenvalue weighted by Crippen LogP contribution is -2.36. The number of aryl methyl sites for hydroxylation is 1. The van der Waals surface area contributed by atoms with Crippen molar-refractivity contribution in [2.45, 2.75) is 51.5 Å². The standard InChI is InChI=1S/C29H29ClN2O5/c1-5-6-12-21-31-24(25(32-21)29(35)36-4)23(30)18-13-14-19(17-10-8-7-9-11-17)20(15-18)22-26(33)27(34)28(22)37-16(2)3/h7-11,13-16,23H,5-6,12H2,1-4H3,(H,31,32). The highest BCUT2D eigenvalue weighted by molar-refractivity contribution is 6.23. The summed E-state index contributed by atoms with van der Waals surface area (Å²) in [5, 5.41) is -0.815. The van der Waals surface area contributed by atoms with Crippen molar-refractivity contribution in [2.75, 3.05) is 7.11 Å². The number of hydrogen-bond acceptors (Lipinski definition) is 6. The van der Waals surface area contributed by atoms with Crippen molar-refractivity contribution in [1.82, 2.24) is 9.97 Å². The molecule has 37 heavy (non-hydrogen) atoms. The summed E-state index contributed by atoms with van der Waals surface area (Å²) in [5.41, 5.74) is 2.30. The smallest absolute Gasteiger partial charge is 0.356 e. The predicted octanol–water partition coefficient (Wildman–Crippen LogP) is 5.58. The molecule has 1 aromatic heterocycles. The van der Waals surface area contributed by atoms with Crippen LogP contribution < -0.4 is 15.6 Å². The lowest BCUT2D eigenvalue weighted by atomic mass is 9.89. The molecule has 192 valence electrons. The molecule has 0 aliphatic carbocycles. The van der Waals surface area contributed by atoms with E-state index < -0.39 is 22.2 Å². The van der Waals surface area contributed by atoms with Crippen molar-refractivity contribution in [3.8, 4) is 28.0 Å². The molecule has 4 aromatic rings. The molecule has 1 N–H and O–H groups in total. The fourth-order valence-electron chi connectivity index (χ4n) is 4.26. The Balaban J connectivity index is 1.86. The molecular weight excluding hydrogens is 492 g/mol. The monoisotopic (exact) mass is 520 g/mol. The van der Waals surface area contributed by atoms with Crippen LogP contribution in [-0.2, 0) is 11.2 Å². The maximum atomic E-state index is 12.8. The van der Waals surface area contributed by atoms with Crippen LogP contribution in [-0.4, -0.2) is 29.2 Å². The summed E-state index contributed by atoms with van der Waals surface area (Å²) in [6.45, 7) is 5.67. The molecule has 1 atom stereocenters. The highest BCUT2D eigenvalue weighted by Crippen LogP contribution is 2.39. The predicted molar refractivity (Wildman–Crippen MR) is 144 cm³/mol. The zero-order valence-corrected chi connectivity index (χ0v) is 22.0. The number of unbranched alkanes of at least 4 members (excludes halogenated alkanes) is 1. The number of aromatic nitrogens is 2. The highest BCUT2D eigenvalue weighted by atomic mass is 35.5. The third-order valence-corrected chi connectivity index (χ3v) is 6.55. The van der Waals surface area contributed by atoms with E-state index in [1.807, 2.05) is 42.5 Å². The zero-order valence-electron chi connectivity index (χ0n) is 21.3. The summed E-state index contributed by atoms with van der Waals surface area (Å²) >= 11 is 6.92. The molecule has 4 rings (SSSR count). The molecule has 1 heterocycles. The van der Waals surface area contributed by atoms with Gasteiger partial charge in [-0.15, -0.1) is 11.6 Å². The van der Waals surface area contributed by atoms with Gasteiger partial charge in [0, 0.05) is 6.42 Å². The van der Waals surface area contributed by atoms with Gasteiger partial charge in [-0.3, -0.25) is 9.59 Å². The van der Waals surface area contributed by atoms with Crippen LogP contribution in [0, 0.1) is 0 Å². The number of benzene rings is 2. The van der Waals surface area contributed by atoms with E-state index in [0.717, 1.165) is 24.0 Å². The molecule has 8 heteroatoms. The largest absolute Gasteiger partial charge is 0.486 e. The average molecular weight is 521 g/mol. The number of nitrogens with one attached hydrogen (secondary N) is 1. The number of carbonyl (C=O) groups excluding carboxylic acids is 1. The quantitative estimate of drug-likeness (QED) is 0.166. The van der Waals surface area contributed by atoms with E-state index in [2.05, 4.69) is 16.9 Å². The van der Waals surface area contributed by atoms with Gasteiger partial charge in [0.1, 0.15) is 16.9 Å². The third-order valence-electron chi connectivity index (χ3n) is 6.09. The fraction of sp³-hybridized carbons (Fsp3) is 0.310. The van der Waals surface area contributed by atoms with Crippen LogP contribution in [0.2, 0.25) is 0 Å². The first kappa shape index (κ1) is 26.4. The number of alkyl halides is 1. The van der Waals surface area contributed by atoms with Gasteiger partial charge in [0.25, 0.3) is 5.43 Å². The van der Waals surface area contributed by atoms with Gasteiger partial charge in [0.15, 0.2) is 5.75 Å². The minimum Gasteiger partial charge on any atom is -0.486 e. The van der Waals surface area contributed by atoms with Crippen molar-refractivity contribution in [2.24, 2.45) is 0 Å². The van der Waals surface area contributed by atoms with E-state index in [0.29, 0.717) is 29.1 Å². The second-order valence-corrected chi connectivity index (χ2v) is 9.54. The van der Waals surface area contributed by atoms with E-state index in [1.165, 1.54) is 7.11 Å². The Labute approximate surface area is 220 Å². The Morgan fingerprint density at radius 2 is 1.78 bits per heavy atom. The summed E-state index contributed by atoms with van der Waals surface area (Å²) in [5.74, 6) is 0.142. The molecule has 0 bridgehead atoms. The van der Waals surface area contributed by atoms with Crippen molar-refractivity contribution < 1.29 is 14.3 Å². The third kappa shape index (κ3) is 5.23. The van der Waals surface area contributed by atoms with Gasteiger partial charge in [0.05, 0.1) is 24.5 Å². The average Bonchev–Trinajstić information content (AvgIpc) is 3.35. The first-order valence-electron chi connectivity index (χ1n) is 12.3. The van der Waals surface area contributed by atoms with Crippen molar-refractivity contribution in [3.63, 3.8) is 0 Å². The summed E-state index contributed by atoms with van der Waals surface area (Å²) in [4.78, 5) is 45.3. The normalized spacial score (nSPS) is 12.2. The number of ether oxygens (including phenoxy) is 2. The first-order chi connectivity index (χ1) is 17.8. The molecule has 0 aliphatic rings. The van der Waals surface area contributed by atoms with Crippen molar-refractivity contribution in [3.05, 3.63) is 91.8 Å². The summed E-state index contributed by atoms with van der Waals surface area (Å²) in [7, 11) is 1.30. The lowest BCUT2D eigenvalue weighted by molar-refractivity contribution is 0.0593. The molecule has 0 fully saturated rings. The highest BCUT2D eigenvalue weighted by Gasteiger charge is 2.29. The first-order valence-corrected chi connectivity index (χ1v) is 12.7. The van der Waals surface area contributed by atoms with Crippen LogP contribution in [0.5, 0.6) is 5.75 Å². The van der Waals surface area contributed by atoms with Gasteiger partial charge in [0.2, 0.25) is 5.43 Å². The molecular formula is C29H29ClN2O5. The molecule has 7 nitrogen and oxygen atoms in total. The van der Waals surface area contributed by atoms with Crippen LogP contribution in [0.25, 0.3) is 22.3 Å². The number of halogens is 1. The van der Waals surface area contributed by atoms with Crippen molar-refractivity contribution in [1.29, 1.82) is 0 Å². The van der Waals surface area contributed by atoms with Crippen LogP contribution in [0.4, 0.5) is 0 Å². The van der Waals surface area contributed by atoms with Gasteiger partial charge in [-0.2, -0.15) is 0 Å². The van der Waals surface area contributed by atoms with Gasteiger partial charge in [-0.1, -0.05) is 55.8 Å². The number of nitrogens with zero attached hydrogens (tertiary/aromatic N) is 1. The Morgan fingerprint density at radius 3 is 2.43 bits per heavy atom. The van der Waals surface area contributed by atoms with Gasteiger partial charge < -0.3 is 14.5 Å². The van der Waals surface area contributed by atoms with Crippen LogP contribution in [0.15, 0.2) is 58.1 Å². The number of imidazole rings is 1. The SMILES string of the molecule is CCCCc1nc(C(Cl)c2ccc(-c3ccccc3)c(-c3c(OC(C)C)c(=O)c3=O)c2)c(C(=O)OC)[nH]1. The Morgan fingerprint density at radius 1 is 1.05 bits per heavy atom. The molecule has 0 saturated heterocycles. The van der Waals surface area contributed by atoms with E-state index in [9.17, 15) is 14.4 Å². The number of carbonyl (C=O) groups is 1. The van der Waals surface area contributed by atoms with Crippen LogP contribution in [0.1, 0.15) is 66.6 Å². The maximum Gasteiger partial charge on any atom is 0.356 e. The van der Waals surface area contributed by atoms with E-state index in [-0.39, 0.29) is 23.1 Å². The second-order valence-electron chi connectivity index (χ2n) is 9.10. The Kier molecular flexibility index (Phi) is 7.93. The van der Waals surface area contributed by atoms with Gasteiger partial charge in [-0.25, -0.2) is 9.78 Å². The Bertz CT molecular complexity index is 1480. The Hall–Kier alpha value is -3.71. The van der Waals surface area contributed by atoms with E-state index >= 15 is 0 Å². The summed E-state index contributed by atoms with van der Waals surface area (Å²) < 4.78 is 10.7. The van der Waals surface area contributed by atoms with Gasteiger partial charge in [-0.05, 0) is 48.6 Å². The zero-order chi connectivity index (χ0) is 26.7. The molecule has 0 saturated carbocycles. The molecule has 1 unspecified atom stereocenters. The summed E-state index contributed by atoms with van der Waals surface area (Å²) in [6, 6.07) is 15.0. The van der Waals surface area contributed by atoms with Gasteiger partial charge >= 0.3 is 5.97 Å². The van der Waals surface area contributed by atoms with Crippen molar-refractivity contribution >= 4 is 17.6 Å². The summed E-state index contributed by atoms with van der Waals surface area (Å²) in [6.07, 6.45) is 2.27. The van der Waals surface area contributed by atoms with Crippen LogP contribution >= 0.6 is 11.6 Å². The molecule has 0 amide bonds. The number of rotatable bonds is 10. The minimum atomic E-state index is -0.815. The molecule has 0 aliphatic heterocycles. The minimum absolute atomic E-state index is 0.0531. The second kappa shape index (κ2) is 11.1. The number of hydrogen-bond donors (Lipinski definition) is 1. The fourth-order valence-corrected chi connectivity index (χ4v) is 4.55. The van der Waals surface area contributed by atoms with E-state index in [4.69, 9.17) is 21.1 Å². The molecule has 0 spiro atoms. The molecule has 3 aromatic carbocycles. The lowest BCUT2D eigenvalue weighted by Gasteiger charge is -2.19. The van der Waals surface area contributed by atoms with Crippen LogP contribution in [0.3, 0.4) is 0 Å². The number of H-pyrrole nitrogens is 1. The maximum absolute atomic E-state index is 12.8. The topological polar surface area (TPSA) is 98.3 Å². The number of methoxy groups -OCH3 is 1. The molecule has 0 radical (unpaired) electrons. The number of esters is 1. The number of aromatic amines is 1.